The Bertz CT molecular complexity index is 461. The minimum Gasteiger partial charge on any atom is -0.381 e. The molecule has 1 saturated carbocycles. The minimum absolute atomic E-state index is 0.0844. The number of hydrogen-bond acceptors (Lipinski definition) is 4. The number of nitrogens with two attached hydrogens (primary N) is 1. The summed E-state index contributed by atoms with van der Waals surface area (Å²) in [4.78, 5) is 17.6. The molecule has 1 aliphatic carbocycles. The molecule has 110 valence electrons. The van der Waals surface area contributed by atoms with Gasteiger partial charge in [0.2, 0.25) is 0 Å². The summed E-state index contributed by atoms with van der Waals surface area (Å²) in [5.41, 5.74) is 7.60. The first kappa shape index (κ1) is 14.8. The number of carbonyl (C=O) groups excluding carboxylic acids is 1. The molecule has 1 aliphatic rings. The molecule has 0 aromatic carbocycles. The Labute approximate surface area is 120 Å². The lowest BCUT2D eigenvalue weighted by Crippen LogP contribution is -2.39. The highest BCUT2D eigenvalue weighted by Crippen LogP contribution is 2.21. The van der Waals surface area contributed by atoms with Crippen LogP contribution in [-0.2, 0) is 0 Å². The zero-order valence-electron chi connectivity index (χ0n) is 12.3. The lowest BCUT2D eigenvalue weighted by atomic mass is 10.0. The topological polar surface area (TPSA) is 71.2 Å². The van der Waals surface area contributed by atoms with Crippen molar-refractivity contribution in [3.05, 3.63) is 24.0 Å². The summed E-state index contributed by atoms with van der Waals surface area (Å²) in [7, 11) is 3.46. The average molecular weight is 276 g/mol. The molecule has 20 heavy (non-hydrogen) atoms. The summed E-state index contributed by atoms with van der Waals surface area (Å²) in [6, 6.07) is 4.16. The van der Waals surface area contributed by atoms with Crippen molar-refractivity contribution < 1.29 is 4.79 Å². The van der Waals surface area contributed by atoms with E-state index in [1.165, 1.54) is 24.2 Å². The van der Waals surface area contributed by atoms with Gasteiger partial charge in [0.15, 0.2) is 0 Å². The number of carbonyl (C=O) groups is 1. The molecule has 5 heteroatoms. The summed E-state index contributed by atoms with van der Waals surface area (Å²) >= 11 is 0. The third kappa shape index (κ3) is 3.70. The Morgan fingerprint density at radius 3 is 2.85 bits per heavy atom. The van der Waals surface area contributed by atoms with E-state index in [1.54, 1.807) is 26.4 Å². The number of rotatable bonds is 3. The molecular formula is C15H24N4O. The lowest BCUT2D eigenvalue weighted by Gasteiger charge is -2.24. The molecule has 1 fully saturated rings. The SMILES string of the molecule is CN(C)C(=O)c1cc(NC2CCCCCC2N)ccn1. The van der Waals surface area contributed by atoms with Gasteiger partial charge in [-0.15, -0.1) is 0 Å². The van der Waals surface area contributed by atoms with Gasteiger partial charge in [-0.3, -0.25) is 9.78 Å². The summed E-state index contributed by atoms with van der Waals surface area (Å²) < 4.78 is 0. The molecule has 0 aliphatic heterocycles. The van der Waals surface area contributed by atoms with Crippen molar-refractivity contribution in [2.75, 3.05) is 19.4 Å². The Kier molecular flexibility index (Phi) is 4.95. The van der Waals surface area contributed by atoms with Crippen molar-refractivity contribution in [3.8, 4) is 0 Å². The fourth-order valence-corrected chi connectivity index (χ4v) is 2.60. The van der Waals surface area contributed by atoms with Crippen molar-refractivity contribution in [3.63, 3.8) is 0 Å². The molecule has 1 amide bonds. The van der Waals surface area contributed by atoms with Crippen LogP contribution in [0.1, 0.15) is 42.6 Å². The molecule has 0 bridgehead atoms. The monoisotopic (exact) mass is 276 g/mol. The van der Waals surface area contributed by atoms with Gasteiger partial charge in [0.25, 0.3) is 5.91 Å². The number of nitrogens with one attached hydrogen (secondary N) is 1. The third-order valence-corrected chi connectivity index (χ3v) is 3.81. The normalized spacial score (nSPS) is 22.9. The minimum atomic E-state index is -0.0844. The summed E-state index contributed by atoms with van der Waals surface area (Å²) in [5, 5.41) is 3.47. The lowest BCUT2D eigenvalue weighted by molar-refractivity contribution is 0.0822. The first-order chi connectivity index (χ1) is 9.58. The Balaban J connectivity index is 2.09. The van der Waals surface area contributed by atoms with E-state index in [9.17, 15) is 4.79 Å². The van der Waals surface area contributed by atoms with Gasteiger partial charge < -0.3 is 16.0 Å². The van der Waals surface area contributed by atoms with Crippen LogP contribution in [0.5, 0.6) is 0 Å². The maximum absolute atomic E-state index is 11.9. The van der Waals surface area contributed by atoms with Crippen LogP contribution in [0.4, 0.5) is 5.69 Å². The quantitative estimate of drug-likeness (QED) is 0.827. The summed E-state index contributed by atoms with van der Waals surface area (Å²) in [6.07, 6.45) is 7.49. The largest absolute Gasteiger partial charge is 0.381 e. The van der Waals surface area contributed by atoms with Crippen LogP contribution in [0.25, 0.3) is 0 Å². The van der Waals surface area contributed by atoms with Crippen LogP contribution in [0, 0.1) is 0 Å². The fraction of sp³-hybridized carbons (Fsp3) is 0.600. The van der Waals surface area contributed by atoms with Crippen LogP contribution in [0.3, 0.4) is 0 Å². The van der Waals surface area contributed by atoms with Crippen molar-refractivity contribution >= 4 is 11.6 Å². The number of amides is 1. The van der Waals surface area contributed by atoms with Crippen molar-refractivity contribution in [1.82, 2.24) is 9.88 Å². The Morgan fingerprint density at radius 2 is 2.10 bits per heavy atom. The van der Waals surface area contributed by atoms with E-state index in [1.807, 2.05) is 6.07 Å². The van der Waals surface area contributed by atoms with Gasteiger partial charge in [-0.1, -0.05) is 19.3 Å². The molecule has 2 unspecified atom stereocenters. The van der Waals surface area contributed by atoms with E-state index in [0.717, 1.165) is 18.5 Å². The number of aromatic nitrogens is 1. The number of anilines is 1. The van der Waals surface area contributed by atoms with Gasteiger partial charge in [0.1, 0.15) is 5.69 Å². The average Bonchev–Trinajstić information content (AvgIpc) is 2.63. The highest BCUT2D eigenvalue weighted by Gasteiger charge is 2.20. The highest BCUT2D eigenvalue weighted by molar-refractivity contribution is 5.92. The van der Waals surface area contributed by atoms with Crippen LogP contribution >= 0.6 is 0 Å². The first-order valence-corrected chi connectivity index (χ1v) is 7.28. The molecule has 3 N–H and O–H groups in total. The van der Waals surface area contributed by atoms with Gasteiger partial charge in [-0.05, 0) is 25.0 Å². The highest BCUT2D eigenvalue weighted by atomic mass is 16.2. The first-order valence-electron chi connectivity index (χ1n) is 7.28. The molecule has 5 nitrogen and oxygen atoms in total. The molecule has 2 rings (SSSR count). The predicted octanol–water partition coefficient (Wildman–Crippen LogP) is 1.86. The number of pyridine rings is 1. The molecule has 1 heterocycles. The predicted molar refractivity (Wildman–Crippen MR) is 80.7 cm³/mol. The van der Waals surface area contributed by atoms with Crippen LogP contribution in [-0.4, -0.2) is 42.0 Å². The molecule has 0 radical (unpaired) electrons. The smallest absolute Gasteiger partial charge is 0.272 e. The van der Waals surface area contributed by atoms with E-state index in [2.05, 4.69) is 10.3 Å². The molecule has 1 aromatic rings. The second kappa shape index (κ2) is 6.70. The van der Waals surface area contributed by atoms with Gasteiger partial charge in [-0.2, -0.15) is 0 Å². The Morgan fingerprint density at radius 1 is 1.35 bits per heavy atom. The summed E-state index contributed by atoms with van der Waals surface area (Å²) in [6.45, 7) is 0. The van der Waals surface area contributed by atoms with Crippen LogP contribution in [0.2, 0.25) is 0 Å². The summed E-state index contributed by atoms with van der Waals surface area (Å²) in [5.74, 6) is -0.0844. The van der Waals surface area contributed by atoms with E-state index < -0.39 is 0 Å². The number of hydrogen-bond donors (Lipinski definition) is 2. The number of nitrogens with zero attached hydrogens (tertiary/aromatic N) is 2. The second-order valence-corrected chi connectivity index (χ2v) is 5.68. The van der Waals surface area contributed by atoms with Crippen molar-refractivity contribution in [2.45, 2.75) is 44.2 Å². The van der Waals surface area contributed by atoms with E-state index in [-0.39, 0.29) is 18.0 Å². The van der Waals surface area contributed by atoms with Crippen LogP contribution in [0.15, 0.2) is 18.3 Å². The fourth-order valence-electron chi connectivity index (χ4n) is 2.60. The molecule has 0 spiro atoms. The van der Waals surface area contributed by atoms with E-state index in [4.69, 9.17) is 5.73 Å². The van der Waals surface area contributed by atoms with Gasteiger partial charge in [-0.25, -0.2) is 0 Å². The molecule has 2 atom stereocenters. The molecule has 0 saturated heterocycles. The zero-order chi connectivity index (χ0) is 14.5. The Hall–Kier alpha value is -1.62. The zero-order valence-corrected chi connectivity index (χ0v) is 12.3. The maximum atomic E-state index is 11.9. The van der Waals surface area contributed by atoms with Gasteiger partial charge in [0, 0.05) is 38.1 Å². The van der Waals surface area contributed by atoms with Crippen molar-refractivity contribution in [1.29, 1.82) is 0 Å². The molecule has 1 aromatic heterocycles. The second-order valence-electron chi connectivity index (χ2n) is 5.68. The third-order valence-electron chi connectivity index (χ3n) is 3.81. The van der Waals surface area contributed by atoms with E-state index in [0.29, 0.717) is 5.69 Å². The molecular weight excluding hydrogens is 252 g/mol. The van der Waals surface area contributed by atoms with E-state index >= 15 is 0 Å². The maximum Gasteiger partial charge on any atom is 0.272 e. The van der Waals surface area contributed by atoms with Gasteiger partial charge >= 0.3 is 0 Å². The standard InChI is InChI=1S/C15H24N4O/c1-19(2)15(20)14-10-11(8-9-17-14)18-13-7-5-3-4-6-12(13)16/h8-10,12-13H,3-7,16H2,1-2H3,(H,17,18). The van der Waals surface area contributed by atoms with Crippen molar-refractivity contribution in [2.24, 2.45) is 5.73 Å². The van der Waals surface area contributed by atoms with Gasteiger partial charge in [0.05, 0.1) is 0 Å². The van der Waals surface area contributed by atoms with Crippen LogP contribution < -0.4 is 11.1 Å².